The summed E-state index contributed by atoms with van der Waals surface area (Å²) in [7, 11) is 0. The van der Waals surface area contributed by atoms with E-state index in [-0.39, 0.29) is 0 Å². The lowest BCUT2D eigenvalue weighted by Crippen LogP contribution is -1.75. The van der Waals surface area contributed by atoms with Crippen LogP contribution in [-0.4, -0.2) is 4.98 Å². The van der Waals surface area contributed by atoms with Crippen LogP contribution in [0.25, 0.3) is 42.0 Å². The molecule has 21 heavy (non-hydrogen) atoms. The molecular formula is C19H11NS. The first-order valence-electron chi connectivity index (χ1n) is 7.00. The summed E-state index contributed by atoms with van der Waals surface area (Å²) in [5.74, 6) is 0. The molecule has 1 nitrogen and oxygen atoms in total. The molecule has 0 saturated carbocycles. The van der Waals surface area contributed by atoms with Crippen LogP contribution in [0.4, 0.5) is 0 Å². The van der Waals surface area contributed by atoms with Crippen molar-refractivity contribution < 1.29 is 0 Å². The average Bonchev–Trinajstić information content (AvgIpc) is 2.92. The summed E-state index contributed by atoms with van der Waals surface area (Å²) in [4.78, 5) is 4.86. The van der Waals surface area contributed by atoms with Crippen LogP contribution in [-0.2, 0) is 0 Å². The molecule has 0 aliphatic heterocycles. The van der Waals surface area contributed by atoms with Gasteiger partial charge >= 0.3 is 0 Å². The smallest absolute Gasteiger partial charge is 0.0803 e. The maximum Gasteiger partial charge on any atom is 0.0803 e. The molecule has 0 unspecified atom stereocenters. The lowest BCUT2D eigenvalue weighted by atomic mass is 10.1. The second-order valence-electron chi connectivity index (χ2n) is 5.29. The van der Waals surface area contributed by atoms with Gasteiger partial charge in [-0.2, -0.15) is 0 Å². The van der Waals surface area contributed by atoms with Gasteiger partial charge in [-0.05, 0) is 29.7 Å². The van der Waals surface area contributed by atoms with E-state index in [1.807, 2.05) is 11.3 Å². The van der Waals surface area contributed by atoms with Crippen LogP contribution in [0.3, 0.4) is 0 Å². The third-order valence-corrected chi connectivity index (χ3v) is 5.21. The van der Waals surface area contributed by atoms with E-state index < -0.39 is 0 Å². The van der Waals surface area contributed by atoms with Gasteiger partial charge in [-0.25, -0.2) is 4.98 Å². The van der Waals surface area contributed by atoms with E-state index in [4.69, 9.17) is 4.98 Å². The Labute approximate surface area is 125 Å². The van der Waals surface area contributed by atoms with E-state index in [2.05, 4.69) is 66.7 Å². The molecule has 0 atom stereocenters. The lowest BCUT2D eigenvalue weighted by Gasteiger charge is -2.02. The van der Waals surface area contributed by atoms with Crippen molar-refractivity contribution in [1.82, 2.24) is 4.98 Å². The number of aromatic nitrogens is 1. The molecule has 0 saturated heterocycles. The highest BCUT2D eigenvalue weighted by Gasteiger charge is 2.09. The monoisotopic (exact) mass is 285 g/mol. The summed E-state index contributed by atoms with van der Waals surface area (Å²) < 4.78 is 2.62. The topological polar surface area (TPSA) is 12.9 Å². The quantitative estimate of drug-likeness (QED) is 0.330. The Balaban J connectivity index is 2.05. The number of benzene rings is 3. The maximum absolute atomic E-state index is 4.86. The standard InChI is InChI=1S/C19H11NS/c1-4-8-17-12(5-1)11-15-18(21-17)10-9-14-13-6-2-3-7-16(13)20-19(14)15/h1-11H. The number of rotatable bonds is 0. The van der Waals surface area contributed by atoms with Crippen molar-refractivity contribution in [2.24, 2.45) is 0 Å². The molecule has 0 fully saturated rings. The summed E-state index contributed by atoms with van der Waals surface area (Å²) in [5.41, 5.74) is 2.20. The van der Waals surface area contributed by atoms with Crippen molar-refractivity contribution in [2.75, 3.05) is 0 Å². The second-order valence-corrected chi connectivity index (χ2v) is 6.37. The molecule has 2 heteroatoms. The Bertz CT molecular complexity index is 1140. The highest BCUT2D eigenvalue weighted by Crippen LogP contribution is 2.35. The molecule has 2 heterocycles. The van der Waals surface area contributed by atoms with Crippen molar-refractivity contribution in [3.05, 3.63) is 66.7 Å². The normalized spacial score (nSPS) is 11.8. The molecule has 0 amide bonds. The molecule has 3 aromatic carbocycles. The lowest BCUT2D eigenvalue weighted by molar-refractivity contribution is 1.57. The van der Waals surface area contributed by atoms with Gasteiger partial charge in [0.2, 0.25) is 0 Å². The van der Waals surface area contributed by atoms with Gasteiger partial charge in [0.15, 0.2) is 0 Å². The summed E-state index contributed by atoms with van der Waals surface area (Å²) in [5, 5.41) is 5.04. The van der Waals surface area contributed by atoms with Crippen molar-refractivity contribution >= 4 is 53.3 Å². The molecule has 0 bridgehead atoms. The Morgan fingerprint density at radius 2 is 1.52 bits per heavy atom. The number of fused-ring (bicyclic) bond motifs is 6. The van der Waals surface area contributed by atoms with Crippen LogP contribution in [0, 0.1) is 0 Å². The molecule has 0 radical (unpaired) electrons. The first-order chi connectivity index (χ1) is 10.4. The van der Waals surface area contributed by atoms with Crippen LogP contribution in [0.1, 0.15) is 0 Å². The third kappa shape index (κ3) is 1.54. The minimum absolute atomic E-state index is 1.08. The number of para-hydroxylation sites is 1. The Morgan fingerprint density at radius 1 is 0.667 bits per heavy atom. The zero-order valence-corrected chi connectivity index (χ0v) is 12.0. The first-order valence-corrected chi connectivity index (χ1v) is 7.81. The minimum atomic E-state index is 1.08. The van der Waals surface area contributed by atoms with Gasteiger partial charge in [-0.1, -0.05) is 42.5 Å². The third-order valence-electron chi connectivity index (χ3n) is 4.04. The van der Waals surface area contributed by atoms with Gasteiger partial charge in [0, 0.05) is 25.6 Å². The van der Waals surface area contributed by atoms with E-state index in [0.29, 0.717) is 0 Å². The molecule has 98 valence electrons. The number of hydrogen-bond donors (Lipinski definition) is 0. The van der Waals surface area contributed by atoms with Gasteiger partial charge in [-0.15, -0.1) is 11.3 Å². The molecular weight excluding hydrogens is 274 g/mol. The van der Waals surface area contributed by atoms with Crippen molar-refractivity contribution in [1.29, 1.82) is 0 Å². The van der Waals surface area contributed by atoms with E-state index in [9.17, 15) is 0 Å². The molecule has 0 N–H and O–H groups in total. The Kier molecular flexibility index (Phi) is 2.15. The van der Waals surface area contributed by atoms with Crippen LogP contribution in [0.2, 0.25) is 0 Å². The largest absolute Gasteiger partial charge is 0.247 e. The van der Waals surface area contributed by atoms with Gasteiger partial charge in [-0.3, -0.25) is 0 Å². The average molecular weight is 285 g/mol. The van der Waals surface area contributed by atoms with Crippen LogP contribution >= 0.6 is 11.3 Å². The van der Waals surface area contributed by atoms with Crippen LogP contribution < -0.4 is 0 Å². The molecule has 5 aromatic rings. The maximum atomic E-state index is 4.86. The highest BCUT2D eigenvalue weighted by molar-refractivity contribution is 7.24. The summed E-state index contributed by atoms with van der Waals surface area (Å²) >= 11 is 1.84. The van der Waals surface area contributed by atoms with Crippen LogP contribution in [0.5, 0.6) is 0 Å². The van der Waals surface area contributed by atoms with Crippen molar-refractivity contribution in [2.45, 2.75) is 0 Å². The van der Waals surface area contributed by atoms with Crippen molar-refractivity contribution in [3.63, 3.8) is 0 Å². The van der Waals surface area contributed by atoms with E-state index in [1.54, 1.807) is 0 Å². The molecule has 0 aliphatic rings. The van der Waals surface area contributed by atoms with Gasteiger partial charge in [0.05, 0.1) is 11.0 Å². The van der Waals surface area contributed by atoms with Crippen molar-refractivity contribution in [3.8, 4) is 0 Å². The van der Waals surface area contributed by atoms with E-state index in [0.717, 1.165) is 11.0 Å². The predicted molar refractivity (Wildman–Crippen MR) is 92.1 cm³/mol. The number of nitrogens with zero attached hydrogens (tertiary/aromatic N) is 1. The Morgan fingerprint density at radius 3 is 2.52 bits per heavy atom. The molecule has 2 aromatic heterocycles. The zero-order valence-electron chi connectivity index (χ0n) is 11.2. The predicted octanol–water partition coefficient (Wildman–Crippen LogP) is 5.76. The SMILES string of the molecule is c1ccc2sc3ccc4c5ccccc5nc4c3cc2c1. The second kappa shape index (κ2) is 4.03. The van der Waals surface area contributed by atoms with E-state index in [1.165, 1.54) is 30.9 Å². The summed E-state index contributed by atoms with van der Waals surface area (Å²) in [6, 6.07) is 23.6. The molecule has 0 aliphatic carbocycles. The van der Waals surface area contributed by atoms with Gasteiger partial charge in [0.25, 0.3) is 0 Å². The van der Waals surface area contributed by atoms with E-state index >= 15 is 0 Å². The first kappa shape index (κ1) is 11.2. The Hall–Kier alpha value is -2.45. The fourth-order valence-electron chi connectivity index (χ4n) is 3.04. The zero-order chi connectivity index (χ0) is 13.8. The fourth-order valence-corrected chi connectivity index (χ4v) is 4.07. The molecule has 5 rings (SSSR count). The number of hydrogen-bond acceptors (Lipinski definition) is 2. The fraction of sp³-hybridized carbons (Fsp3) is 0. The highest BCUT2D eigenvalue weighted by atomic mass is 32.1. The minimum Gasteiger partial charge on any atom is -0.247 e. The van der Waals surface area contributed by atoms with Crippen LogP contribution in [0.15, 0.2) is 66.7 Å². The summed E-state index contributed by atoms with van der Waals surface area (Å²) in [6.45, 7) is 0. The molecule has 0 spiro atoms. The van der Waals surface area contributed by atoms with Gasteiger partial charge < -0.3 is 0 Å². The van der Waals surface area contributed by atoms with Gasteiger partial charge in [0.1, 0.15) is 0 Å². The summed E-state index contributed by atoms with van der Waals surface area (Å²) in [6.07, 6.45) is 0.